The van der Waals surface area contributed by atoms with Crippen molar-refractivity contribution in [2.75, 3.05) is 26.2 Å². The van der Waals surface area contributed by atoms with E-state index in [1.54, 1.807) is 0 Å². The Hall–Kier alpha value is -1.12. The minimum atomic E-state index is -0.309. The van der Waals surface area contributed by atoms with E-state index in [4.69, 9.17) is 18.0 Å². The number of amides is 1. The minimum absolute atomic E-state index is 0.00258. The highest BCUT2D eigenvalue weighted by atomic mass is 32.1. The van der Waals surface area contributed by atoms with Crippen molar-refractivity contribution >= 4 is 34.6 Å². The topological polar surface area (TPSA) is 75.3 Å². The molecule has 1 aliphatic heterocycles. The molecular weight excluding hydrogens is 282 g/mol. The Morgan fingerprint density at radius 3 is 2.53 bits per heavy atom. The van der Waals surface area contributed by atoms with Crippen LogP contribution in [0.4, 0.5) is 0 Å². The summed E-state index contributed by atoms with van der Waals surface area (Å²) >= 11 is 6.23. The van der Waals surface area contributed by atoms with Gasteiger partial charge in [-0.1, -0.05) is 16.7 Å². The number of nitrogens with two attached hydrogens (primary N) is 1. The second-order valence-corrected chi connectivity index (χ2v) is 6.21. The average Bonchev–Trinajstić information content (AvgIpc) is 2.91. The zero-order chi connectivity index (χ0) is 14.0. The smallest absolute Gasteiger partial charge is 0.267 e. The van der Waals surface area contributed by atoms with Gasteiger partial charge in [-0.05, 0) is 25.4 Å². The van der Waals surface area contributed by atoms with Crippen LogP contribution in [0.25, 0.3) is 0 Å². The molecule has 1 aliphatic rings. The normalized spacial score (nSPS) is 17.5. The van der Waals surface area contributed by atoms with Crippen molar-refractivity contribution in [3.63, 3.8) is 0 Å². The maximum atomic E-state index is 12.1. The Morgan fingerprint density at radius 2 is 2.05 bits per heavy atom. The van der Waals surface area contributed by atoms with Crippen molar-refractivity contribution in [2.24, 2.45) is 5.73 Å². The molecule has 1 aromatic heterocycles. The second kappa shape index (κ2) is 5.48. The molecule has 1 saturated heterocycles. The number of rotatable bonds is 3. The largest absolute Gasteiger partial charge is 0.392 e. The van der Waals surface area contributed by atoms with Crippen molar-refractivity contribution in [3.05, 3.63) is 11.1 Å². The van der Waals surface area contributed by atoms with Gasteiger partial charge in [-0.15, -0.1) is 5.10 Å². The van der Waals surface area contributed by atoms with E-state index in [-0.39, 0.29) is 11.4 Å². The first-order valence-electron chi connectivity index (χ1n) is 6.04. The first-order valence-corrected chi connectivity index (χ1v) is 7.22. The lowest BCUT2D eigenvalue weighted by Crippen LogP contribution is -2.59. The van der Waals surface area contributed by atoms with Crippen LogP contribution < -0.4 is 5.73 Å². The second-order valence-electron chi connectivity index (χ2n) is 4.98. The summed E-state index contributed by atoms with van der Waals surface area (Å²) in [6, 6.07) is 0. The predicted molar refractivity (Wildman–Crippen MR) is 78.2 cm³/mol. The molecule has 8 heteroatoms. The Bertz CT molecular complexity index is 465. The van der Waals surface area contributed by atoms with E-state index in [0.29, 0.717) is 23.0 Å². The first-order chi connectivity index (χ1) is 8.93. The van der Waals surface area contributed by atoms with Gasteiger partial charge in [0.1, 0.15) is 4.88 Å². The molecule has 2 rings (SSSR count). The summed E-state index contributed by atoms with van der Waals surface area (Å²) in [6.07, 6.45) is 1.51. The predicted octanol–water partition coefficient (Wildman–Crippen LogP) is 0.361. The van der Waals surface area contributed by atoms with Crippen LogP contribution in [-0.4, -0.2) is 62.0 Å². The van der Waals surface area contributed by atoms with Gasteiger partial charge < -0.3 is 10.6 Å². The summed E-state index contributed by atoms with van der Waals surface area (Å²) in [7, 11) is 0. The summed E-state index contributed by atoms with van der Waals surface area (Å²) < 4.78 is 3.72. The van der Waals surface area contributed by atoms with E-state index in [9.17, 15) is 4.79 Å². The lowest BCUT2D eigenvalue weighted by Gasteiger charge is -2.43. The highest BCUT2D eigenvalue weighted by Gasteiger charge is 2.33. The molecule has 0 bridgehead atoms. The van der Waals surface area contributed by atoms with Crippen molar-refractivity contribution in [2.45, 2.75) is 19.4 Å². The molecule has 2 heterocycles. The number of carbonyl (C=O) groups excluding carboxylic acids is 1. The van der Waals surface area contributed by atoms with Crippen LogP contribution in [0.5, 0.6) is 0 Å². The van der Waals surface area contributed by atoms with E-state index in [1.807, 2.05) is 18.7 Å². The highest BCUT2D eigenvalue weighted by Crippen LogP contribution is 2.18. The molecule has 2 N–H and O–H groups in total. The molecule has 0 saturated carbocycles. The lowest BCUT2D eigenvalue weighted by atomic mass is 10.0. The molecule has 0 atom stereocenters. The van der Waals surface area contributed by atoms with Gasteiger partial charge in [0.15, 0.2) is 0 Å². The summed E-state index contributed by atoms with van der Waals surface area (Å²) in [6.45, 7) is 6.90. The molecule has 0 aromatic carbocycles. The van der Waals surface area contributed by atoms with Gasteiger partial charge in [-0.2, -0.15) is 0 Å². The standard InChI is InChI=1S/C11H17N5OS2/c1-11(2,10(12)18)16-5-3-15(4-6-16)9(17)8-7-13-14-19-8/h7H,3-6H2,1-2H3,(H2,12,18). The molecular formula is C11H17N5OS2. The number of piperazine rings is 1. The van der Waals surface area contributed by atoms with Crippen molar-refractivity contribution in [3.8, 4) is 0 Å². The third-order valence-electron chi connectivity index (χ3n) is 3.53. The molecule has 0 aliphatic carbocycles. The SMILES string of the molecule is CC(C)(C(N)=S)N1CCN(C(=O)c2cnns2)CC1. The van der Waals surface area contributed by atoms with Gasteiger partial charge >= 0.3 is 0 Å². The third kappa shape index (κ3) is 2.90. The number of thiocarbonyl (C=S) groups is 1. The maximum absolute atomic E-state index is 12.1. The molecule has 6 nitrogen and oxygen atoms in total. The van der Waals surface area contributed by atoms with Gasteiger partial charge in [0.05, 0.1) is 16.7 Å². The van der Waals surface area contributed by atoms with E-state index >= 15 is 0 Å². The van der Waals surface area contributed by atoms with Crippen molar-refractivity contribution in [1.29, 1.82) is 0 Å². The minimum Gasteiger partial charge on any atom is -0.392 e. The summed E-state index contributed by atoms with van der Waals surface area (Å²) in [5.41, 5.74) is 5.46. The number of hydrogen-bond donors (Lipinski definition) is 1. The molecule has 1 fully saturated rings. The van der Waals surface area contributed by atoms with E-state index in [2.05, 4.69) is 14.5 Å². The van der Waals surface area contributed by atoms with Gasteiger partial charge in [-0.25, -0.2) is 0 Å². The van der Waals surface area contributed by atoms with Crippen LogP contribution in [0.2, 0.25) is 0 Å². The molecule has 104 valence electrons. The summed E-state index contributed by atoms with van der Waals surface area (Å²) in [5, 5.41) is 3.69. The number of hydrogen-bond acceptors (Lipinski definition) is 6. The molecule has 19 heavy (non-hydrogen) atoms. The third-order valence-corrected chi connectivity index (χ3v) is 4.68. The van der Waals surface area contributed by atoms with Crippen LogP contribution in [-0.2, 0) is 0 Å². The number of aromatic nitrogens is 2. The molecule has 0 unspecified atom stereocenters. The number of nitrogens with zero attached hydrogens (tertiary/aromatic N) is 4. The lowest BCUT2D eigenvalue weighted by molar-refractivity contribution is 0.0543. The fourth-order valence-corrected chi connectivity index (χ4v) is 2.65. The van der Waals surface area contributed by atoms with Crippen LogP contribution >= 0.6 is 23.8 Å². The summed E-state index contributed by atoms with van der Waals surface area (Å²) in [5.74, 6) is 0.00258. The Labute approximate surface area is 121 Å². The van der Waals surface area contributed by atoms with Crippen molar-refractivity contribution in [1.82, 2.24) is 19.4 Å². The first kappa shape index (κ1) is 14.3. The monoisotopic (exact) mass is 299 g/mol. The molecule has 1 amide bonds. The van der Waals surface area contributed by atoms with Gasteiger partial charge in [0.2, 0.25) is 0 Å². The van der Waals surface area contributed by atoms with E-state index in [1.165, 1.54) is 6.20 Å². The Kier molecular flexibility index (Phi) is 4.12. The zero-order valence-electron chi connectivity index (χ0n) is 11.0. The fraction of sp³-hybridized carbons (Fsp3) is 0.636. The fourth-order valence-electron chi connectivity index (χ4n) is 2.04. The molecule has 0 spiro atoms. The Balaban J connectivity index is 1.96. The van der Waals surface area contributed by atoms with Crippen LogP contribution in [0.1, 0.15) is 23.5 Å². The molecule has 0 radical (unpaired) electrons. The van der Waals surface area contributed by atoms with Crippen LogP contribution in [0, 0.1) is 0 Å². The van der Waals surface area contributed by atoms with Crippen LogP contribution in [0.15, 0.2) is 6.20 Å². The van der Waals surface area contributed by atoms with Gasteiger partial charge in [-0.3, -0.25) is 9.69 Å². The van der Waals surface area contributed by atoms with Gasteiger partial charge in [0, 0.05) is 26.2 Å². The highest BCUT2D eigenvalue weighted by molar-refractivity contribution is 7.80. The van der Waals surface area contributed by atoms with Crippen molar-refractivity contribution < 1.29 is 4.79 Å². The van der Waals surface area contributed by atoms with E-state index in [0.717, 1.165) is 24.6 Å². The number of carbonyl (C=O) groups is 1. The zero-order valence-corrected chi connectivity index (χ0v) is 12.6. The summed E-state index contributed by atoms with van der Waals surface area (Å²) in [4.78, 5) is 17.2. The molecule has 1 aromatic rings. The van der Waals surface area contributed by atoms with Gasteiger partial charge in [0.25, 0.3) is 5.91 Å². The maximum Gasteiger partial charge on any atom is 0.267 e. The quantitative estimate of drug-likeness (QED) is 0.812. The van der Waals surface area contributed by atoms with E-state index < -0.39 is 0 Å². The van der Waals surface area contributed by atoms with Crippen LogP contribution in [0.3, 0.4) is 0 Å². The average molecular weight is 299 g/mol. The Morgan fingerprint density at radius 1 is 1.42 bits per heavy atom.